The van der Waals surface area contributed by atoms with E-state index in [-0.39, 0.29) is 5.60 Å². The van der Waals surface area contributed by atoms with E-state index in [1.165, 1.54) is 25.7 Å². The van der Waals surface area contributed by atoms with Gasteiger partial charge in [0.2, 0.25) is 0 Å². The van der Waals surface area contributed by atoms with E-state index in [9.17, 15) is 0 Å². The van der Waals surface area contributed by atoms with Gasteiger partial charge in [-0.2, -0.15) is 0 Å². The molecule has 1 atom stereocenters. The summed E-state index contributed by atoms with van der Waals surface area (Å²) in [5.41, 5.74) is 0.222. The zero-order chi connectivity index (χ0) is 12.0. The summed E-state index contributed by atoms with van der Waals surface area (Å²) in [6.07, 6.45) is 6.61. The first-order valence-corrected chi connectivity index (χ1v) is 6.96. The molecule has 1 aliphatic rings. The maximum atomic E-state index is 6.19. The topological polar surface area (TPSA) is 21.3 Å². The van der Waals surface area contributed by atoms with E-state index in [2.05, 4.69) is 33.0 Å². The molecule has 16 heavy (non-hydrogen) atoms. The summed E-state index contributed by atoms with van der Waals surface area (Å²) >= 11 is 0. The van der Waals surface area contributed by atoms with Crippen molar-refractivity contribution in [1.82, 2.24) is 5.32 Å². The Bertz CT molecular complexity index is 187. The van der Waals surface area contributed by atoms with Gasteiger partial charge in [-0.3, -0.25) is 0 Å². The summed E-state index contributed by atoms with van der Waals surface area (Å²) in [7, 11) is 0. The third-order valence-electron chi connectivity index (χ3n) is 3.60. The monoisotopic (exact) mass is 227 g/mol. The maximum Gasteiger partial charge on any atom is 0.0698 e. The van der Waals surface area contributed by atoms with Gasteiger partial charge < -0.3 is 10.1 Å². The molecule has 0 aromatic rings. The minimum atomic E-state index is 0.222. The van der Waals surface area contributed by atoms with Crippen molar-refractivity contribution in [2.75, 3.05) is 13.1 Å². The molecule has 0 aromatic heterocycles. The van der Waals surface area contributed by atoms with Crippen molar-refractivity contribution in [2.45, 2.75) is 71.5 Å². The molecule has 0 saturated heterocycles. The largest absolute Gasteiger partial charge is 0.372 e. The molecule has 1 fully saturated rings. The lowest BCUT2D eigenvalue weighted by molar-refractivity contribution is -0.138. The SMILES string of the molecule is CCC(C)OC1(CCNCC(C)C)CCC1. The first-order chi connectivity index (χ1) is 7.58. The van der Waals surface area contributed by atoms with Gasteiger partial charge in [0.05, 0.1) is 11.7 Å². The first kappa shape index (κ1) is 14.0. The van der Waals surface area contributed by atoms with Crippen LogP contribution in [0.4, 0.5) is 0 Å². The average molecular weight is 227 g/mol. The van der Waals surface area contributed by atoms with E-state index in [1.54, 1.807) is 0 Å². The summed E-state index contributed by atoms with van der Waals surface area (Å²) < 4.78 is 6.19. The quantitative estimate of drug-likeness (QED) is 0.642. The summed E-state index contributed by atoms with van der Waals surface area (Å²) in [5, 5.41) is 3.52. The predicted molar refractivity (Wildman–Crippen MR) is 69.7 cm³/mol. The molecule has 2 heteroatoms. The fourth-order valence-electron chi connectivity index (χ4n) is 2.21. The third kappa shape index (κ3) is 4.42. The second kappa shape index (κ2) is 6.61. The minimum Gasteiger partial charge on any atom is -0.372 e. The molecule has 0 aromatic carbocycles. The second-order valence-electron chi connectivity index (χ2n) is 5.72. The van der Waals surface area contributed by atoms with Gasteiger partial charge in [0, 0.05) is 0 Å². The molecule has 1 aliphatic carbocycles. The number of nitrogens with one attached hydrogen (secondary N) is 1. The van der Waals surface area contributed by atoms with Crippen molar-refractivity contribution < 1.29 is 4.74 Å². The molecule has 2 nitrogen and oxygen atoms in total. The molecule has 96 valence electrons. The van der Waals surface area contributed by atoms with E-state index in [1.807, 2.05) is 0 Å². The highest BCUT2D eigenvalue weighted by molar-refractivity contribution is 4.91. The standard InChI is InChI=1S/C14H29NO/c1-5-13(4)16-14(7-6-8-14)9-10-15-11-12(2)3/h12-13,15H,5-11H2,1-4H3. The number of hydrogen-bond donors (Lipinski definition) is 1. The Morgan fingerprint density at radius 3 is 2.38 bits per heavy atom. The van der Waals surface area contributed by atoms with Crippen molar-refractivity contribution in [3.05, 3.63) is 0 Å². The third-order valence-corrected chi connectivity index (χ3v) is 3.60. The minimum absolute atomic E-state index is 0.222. The first-order valence-electron chi connectivity index (χ1n) is 6.96. The molecule has 0 amide bonds. The van der Waals surface area contributed by atoms with Crippen molar-refractivity contribution in [2.24, 2.45) is 5.92 Å². The van der Waals surface area contributed by atoms with Gasteiger partial charge >= 0.3 is 0 Å². The van der Waals surface area contributed by atoms with E-state index in [0.29, 0.717) is 6.10 Å². The van der Waals surface area contributed by atoms with Crippen LogP contribution in [0.25, 0.3) is 0 Å². The maximum absolute atomic E-state index is 6.19. The van der Waals surface area contributed by atoms with E-state index < -0.39 is 0 Å². The van der Waals surface area contributed by atoms with Gasteiger partial charge in [-0.05, 0) is 58.0 Å². The van der Waals surface area contributed by atoms with Crippen LogP contribution in [-0.4, -0.2) is 24.8 Å². The summed E-state index contributed by atoms with van der Waals surface area (Å²) in [5.74, 6) is 0.743. The normalized spacial score (nSPS) is 20.8. The van der Waals surface area contributed by atoms with E-state index in [4.69, 9.17) is 4.74 Å². The molecule has 0 heterocycles. The zero-order valence-corrected chi connectivity index (χ0v) is 11.5. The Morgan fingerprint density at radius 1 is 1.25 bits per heavy atom. The van der Waals surface area contributed by atoms with Crippen molar-refractivity contribution in [1.29, 1.82) is 0 Å². The van der Waals surface area contributed by atoms with Crippen LogP contribution in [0, 0.1) is 5.92 Å². The van der Waals surface area contributed by atoms with Gasteiger partial charge in [-0.1, -0.05) is 20.8 Å². The Hall–Kier alpha value is -0.0800. The molecule has 1 rings (SSSR count). The average Bonchev–Trinajstić information content (AvgIpc) is 2.19. The molecule has 0 spiro atoms. The molecular weight excluding hydrogens is 198 g/mol. The molecule has 1 N–H and O–H groups in total. The Balaban J connectivity index is 2.20. The molecule has 1 unspecified atom stereocenters. The lowest BCUT2D eigenvalue weighted by Gasteiger charge is -2.43. The van der Waals surface area contributed by atoms with Gasteiger partial charge in [-0.25, -0.2) is 0 Å². The summed E-state index contributed by atoms with van der Waals surface area (Å²) in [6, 6.07) is 0. The van der Waals surface area contributed by atoms with Crippen LogP contribution in [0.1, 0.15) is 59.8 Å². The highest BCUT2D eigenvalue weighted by Crippen LogP contribution is 2.39. The van der Waals surface area contributed by atoms with Crippen LogP contribution in [0.2, 0.25) is 0 Å². The fourth-order valence-corrected chi connectivity index (χ4v) is 2.21. The Kier molecular flexibility index (Phi) is 5.77. The smallest absolute Gasteiger partial charge is 0.0698 e. The lowest BCUT2D eigenvalue weighted by Crippen LogP contribution is -2.44. The highest BCUT2D eigenvalue weighted by Gasteiger charge is 2.38. The second-order valence-corrected chi connectivity index (χ2v) is 5.72. The van der Waals surface area contributed by atoms with Crippen molar-refractivity contribution in [3.8, 4) is 0 Å². The number of ether oxygens (including phenoxy) is 1. The van der Waals surface area contributed by atoms with Gasteiger partial charge in [0.1, 0.15) is 0 Å². The van der Waals surface area contributed by atoms with Crippen LogP contribution >= 0.6 is 0 Å². The van der Waals surface area contributed by atoms with E-state index >= 15 is 0 Å². The van der Waals surface area contributed by atoms with Gasteiger partial charge in [-0.15, -0.1) is 0 Å². The molecule has 0 bridgehead atoms. The molecule has 0 radical (unpaired) electrons. The van der Waals surface area contributed by atoms with Gasteiger partial charge in [0.25, 0.3) is 0 Å². The summed E-state index contributed by atoms with van der Waals surface area (Å²) in [4.78, 5) is 0. The van der Waals surface area contributed by atoms with Crippen LogP contribution in [-0.2, 0) is 4.74 Å². The Morgan fingerprint density at radius 2 is 1.94 bits per heavy atom. The number of rotatable bonds is 8. The van der Waals surface area contributed by atoms with Crippen LogP contribution < -0.4 is 5.32 Å². The van der Waals surface area contributed by atoms with Crippen molar-refractivity contribution >= 4 is 0 Å². The predicted octanol–water partition coefficient (Wildman–Crippen LogP) is 3.36. The Labute approximate surface area is 101 Å². The molecule has 0 aliphatic heterocycles. The molecular formula is C14H29NO. The zero-order valence-electron chi connectivity index (χ0n) is 11.5. The molecule has 1 saturated carbocycles. The summed E-state index contributed by atoms with van der Waals surface area (Å²) in [6.45, 7) is 11.1. The van der Waals surface area contributed by atoms with E-state index in [0.717, 1.165) is 25.4 Å². The van der Waals surface area contributed by atoms with Crippen LogP contribution in [0.3, 0.4) is 0 Å². The van der Waals surface area contributed by atoms with Crippen LogP contribution in [0.15, 0.2) is 0 Å². The lowest BCUT2D eigenvalue weighted by atomic mass is 9.77. The van der Waals surface area contributed by atoms with Crippen LogP contribution in [0.5, 0.6) is 0 Å². The fraction of sp³-hybridized carbons (Fsp3) is 1.00. The highest BCUT2D eigenvalue weighted by atomic mass is 16.5. The number of hydrogen-bond acceptors (Lipinski definition) is 2. The van der Waals surface area contributed by atoms with Gasteiger partial charge in [0.15, 0.2) is 0 Å². The van der Waals surface area contributed by atoms with Crippen molar-refractivity contribution in [3.63, 3.8) is 0 Å².